The van der Waals surface area contributed by atoms with Crippen LogP contribution in [0.4, 0.5) is 0 Å². The van der Waals surface area contributed by atoms with Gasteiger partial charge >= 0.3 is 0 Å². The summed E-state index contributed by atoms with van der Waals surface area (Å²) in [7, 11) is 0. The van der Waals surface area contributed by atoms with Gasteiger partial charge < -0.3 is 4.57 Å². The van der Waals surface area contributed by atoms with Crippen LogP contribution in [0.1, 0.15) is 11.1 Å². The molecule has 4 heteroatoms. The summed E-state index contributed by atoms with van der Waals surface area (Å²) in [4.78, 5) is 12.1. The lowest BCUT2D eigenvalue weighted by Gasteiger charge is -2.07. The highest BCUT2D eigenvalue weighted by Crippen LogP contribution is 2.26. The van der Waals surface area contributed by atoms with E-state index in [2.05, 4.69) is 33.4 Å². The van der Waals surface area contributed by atoms with Crippen molar-refractivity contribution in [2.75, 3.05) is 0 Å². The molecule has 0 saturated heterocycles. The lowest BCUT2D eigenvalue weighted by atomic mass is 10.2. The van der Waals surface area contributed by atoms with Gasteiger partial charge in [-0.25, -0.2) is 0 Å². The predicted octanol–water partition coefficient (Wildman–Crippen LogP) is 4.18. The number of hydrogen-bond donors (Lipinski definition) is 0. The van der Waals surface area contributed by atoms with Crippen LogP contribution < -0.4 is 5.56 Å². The zero-order valence-electron chi connectivity index (χ0n) is 10.4. The molecule has 0 aliphatic heterocycles. The van der Waals surface area contributed by atoms with Crippen molar-refractivity contribution in [2.45, 2.75) is 13.5 Å². The third-order valence-corrected chi connectivity index (χ3v) is 4.58. The molecule has 0 bridgehead atoms. The Hall–Kier alpha value is -1.39. The van der Waals surface area contributed by atoms with Crippen LogP contribution in [-0.4, -0.2) is 4.57 Å². The van der Waals surface area contributed by atoms with Gasteiger partial charge in [-0.1, -0.05) is 18.2 Å². The number of fused-ring (bicyclic) bond motifs is 1. The molecule has 0 fully saturated rings. The summed E-state index contributed by atoms with van der Waals surface area (Å²) in [5.41, 5.74) is 2.02. The summed E-state index contributed by atoms with van der Waals surface area (Å²) in [6, 6.07) is 10.1. The van der Waals surface area contributed by atoms with Crippen LogP contribution in [0.5, 0.6) is 0 Å². The van der Waals surface area contributed by atoms with Gasteiger partial charge in [-0.15, -0.1) is 11.3 Å². The van der Waals surface area contributed by atoms with E-state index >= 15 is 0 Å². The lowest BCUT2D eigenvalue weighted by molar-refractivity contribution is 0.755. The summed E-state index contributed by atoms with van der Waals surface area (Å²) < 4.78 is 3.95. The highest BCUT2D eigenvalue weighted by atomic mass is 79.9. The fourth-order valence-corrected chi connectivity index (χ4v) is 3.74. The zero-order valence-corrected chi connectivity index (χ0v) is 12.8. The minimum Gasteiger partial charge on any atom is -0.310 e. The van der Waals surface area contributed by atoms with Gasteiger partial charge in [0.2, 0.25) is 0 Å². The maximum absolute atomic E-state index is 12.1. The maximum Gasteiger partial charge on any atom is 0.253 e. The van der Waals surface area contributed by atoms with E-state index < -0.39 is 0 Å². The Morgan fingerprint density at radius 3 is 2.95 bits per heavy atom. The Morgan fingerprint density at radius 1 is 1.32 bits per heavy atom. The van der Waals surface area contributed by atoms with E-state index in [9.17, 15) is 4.79 Å². The van der Waals surface area contributed by atoms with E-state index in [1.165, 1.54) is 15.6 Å². The molecular weight excluding hydrogens is 322 g/mol. The molecule has 3 aromatic rings. The van der Waals surface area contributed by atoms with Gasteiger partial charge in [-0.05, 0) is 51.3 Å². The van der Waals surface area contributed by atoms with Crippen LogP contribution >= 0.6 is 27.3 Å². The van der Waals surface area contributed by atoms with E-state index in [-0.39, 0.29) is 5.56 Å². The smallest absolute Gasteiger partial charge is 0.253 e. The Balaban J connectivity index is 2.09. The molecule has 0 aliphatic carbocycles. The van der Waals surface area contributed by atoms with Gasteiger partial charge in [0.05, 0.1) is 6.54 Å². The lowest BCUT2D eigenvalue weighted by Crippen LogP contribution is -2.22. The molecule has 0 atom stereocenters. The first-order valence-corrected chi connectivity index (χ1v) is 7.64. The van der Waals surface area contributed by atoms with Crippen molar-refractivity contribution in [2.24, 2.45) is 0 Å². The third-order valence-electron chi connectivity index (χ3n) is 3.13. The monoisotopic (exact) mass is 333 g/mol. The number of halogens is 1. The number of hydrogen-bond acceptors (Lipinski definition) is 2. The van der Waals surface area contributed by atoms with Crippen LogP contribution in [0.2, 0.25) is 0 Å². The number of aromatic nitrogens is 1. The van der Waals surface area contributed by atoms with Crippen molar-refractivity contribution in [1.82, 2.24) is 4.57 Å². The largest absolute Gasteiger partial charge is 0.310 e. The summed E-state index contributed by atoms with van der Waals surface area (Å²) in [6.07, 6.45) is 1.85. The second-order valence-corrected chi connectivity index (χ2v) is 6.36. The summed E-state index contributed by atoms with van der Waals surface area (Å²) in [5, 5.41) is 3.37. The fourth-order valence-electron chi connectivity index (χ4n) is 2.20. The Morgan fingerprint density at radius 2 is 2.11 bits per heavy atom. The van der Waals surface area contributed by atoms with Gasteiger partial charge in [-0.3, -0.25) is 4.79 Å². The predicted molar refractivity (Wildman–Crippen MR) is 84.1 cm³/mol. The number of aryl methyl sites for hydroxylation is 1. The molecule has 1 aromatic carbocycles. The molecule has 3 rings (SSSR count). The summed E-state index contributed by atoms with van der Waals surface area (Å²) in [6.45, 7) is 2.46. The second-order valence-electron chi connectivity index (χ2n) is 4.53. The SMILES string of the molecule is Cc1cc(Br)cn(Cc2csc3ccccc23)c1=O. The van der Waals surface area contributed by atoms with E-state index in [1.807, 2.05) is 31.3 Å². The molecule has 0 aliphatic rings. The molecule has 0 amide bonds. The van der Waals surface area contributed by atoms with Crippen molar-refractivity contribution in [3.8, 4) is 0 Å². The van der Waals surface area contributed by atoms with Crippen LogP contribution in [0.3, 0.4) is 0 Å². The molecular formula is C15H12BrNOS. The number of nitrogens with zero attached hydrogens (tertiary/aromatic N) is 1. The van der Waals surface area contributed by atoms with E-state index in [4.69, 9.17) is 0 Å². The molecule has 2 aromatic heterocycles. The minimum atomic E-state index is 0.0680. The first-order chi connectivity index (χ1) is 9.15. The number of rotatable bonds is 2. The molecule has 0 radical (unpaired) electrons. The van der Waals surface area contributed by atoms with Gasteiger partial charge in [0, 0.05) is 20.9 Å². The molecule has 0 spiro atoms. The average molecular weight is 334 g/mol. The van der Waals surface area contributed by atoms with Gasteiger partial charge in [0.25, 0.3) is 5.56 Å². The molecule has 96 valence electrons. The number of pyridine rings is 1. The minimum absolute atomic E-state index is 0.0680. The van der Waals surface area contributed by atoms with E-state index in [0.29, 0.717) is 6.54 Å². The second kappa shape index (κ2) is 4.94. The van der Waals surface area contributed by atoms with Gasteiger partial charge in [0.15, 0.2) is 0 Å². The van der Waals surface area contributed by atoms with Crippen LogP contribution in [0, 0.1) is 6.92 Å². The van der Waals surface area contributed by atoms with Crippen LogP contribution in [0.25, 0.3) is 10.1 Å². The topological polar surface area (TPSA) is 22.0 Å². The van der Waals surface area contributed by atoms with Crippen molar-refractivity contribution >= 4 is 37.4 Å². The third kappa shape index (κ3) is 2.38. The zero-order chi connectivity index (χ0) is 13.4. The molecule has 0 N–H and O–H groups in total. The molecule has 0 saturated carbocycles. The first-order valence-electron chi connectivity index (χ1n) is 5.97. The first kappa shape index (κ1) is 12.6. The van der Waals surface area contributed by atoms with Crippen molar-refractivity contribution < 1.29 is 0 Å². The maximum atomic E-state index is 12.1. The van der Waals surface area contributed by atoms with Crippen LogP contribution in [-0.2, 0) is 6.54 Å². The standard InChI is InChI=1S/C15H12BrNOS/c1-10-6-12(16)8-17(15(10)18)7-11-9-19-14-5-3-2-4-13(11)14/h2-6,8-9H,7H2,1H3. The average Bonchev–Trinajstić information content (AvgIpc) is 2.79. The van der Waals surface area contributed by atoms with Gasteiger partial charge in [0.1, 0.15) is 0 Å². The number of thiophene rings is 1. The molecule has 2 nitrogen and oxygen atoms in total. The quantitative estimate of drug-likeness (QED) is 0.689. The normalized spacial score (nSPS) is 11.1. The molecule has 19 heavy (non-hydrogen) atoms. The van der Waals surface area contributed by atoms with Crippen molar-refractivity contribution in [3.05, 3.63) is 67.9 Å². The Kier molecular flexibility index (Phi) is 3.29. The summed E-state index contributed by atoms with van der Waals surface area (Å²) in [5.74, 6) is 0. The summed E-state index contributed by atoms with van der Waals surface area (Å²) >= 11 is 5.16. The van der Waals surface area contributed by atoms with E-state index in [0.717, 1.165) is 10.0 Å². The highest BCUT2D eigenvalue weighted by molar-refractivity contribution is 9.10. The Labute approximate surface area is 123 Å². The number of benzene rings is 1. The fraction of sp³-hybridized carbons (Fsp3) is 0.133. The van der Waals surface area contributed by atoms with Crippen LogP contribution in [0.15, 0.2) is 51.2 Å². The van der Waals surface area contributed by atoms with Gasteiger partial charge in [-0.2, -0.15) is 0 Å². The van der Waals surface area contributed by atoms with Crippen molar-refractivity contribution in [1.29, 1.82) is 0 Å². The van der Waals surface area contributed by atoms with Crippen molar-refractivity contribution in [3.63, 3.8) is 0 Å². The highest BCUT2D eigenvalue weighted by Gasteiger charge is 2.07. The Bertz CT molecular complexity index is 803. The molecule has 2 heterocycles. The molecule has 0 unspecified atom stereocenters. The van der Waals surface area contributed by atoms with E-state index in [1.54, 1.807) is 15.9 Å².